The fourth-order valence-electron chi connectivity index (χ4n) is 5.46. The molecule has 1 saturated heterocycles. The average molecular weight is 487 g/mol. The van der Waals surface area contributed by atoms with E-state index in [0.29, 0.717) is 17.4 Å². The van der Waals surface area contributed by atoms with Crippen molar-refractivity contribution in [1.82, 2.24) is 25.9 Å². The van der Waals surface area contributed by atoms with Gasteiger partial charge in [0.1, 0.15) is 4.90 Å². The van der Waals surface area contributed by atoms with Gasteiger partial charge in [-0.25, -0.2) is 13.6 Å². The molecule has 2 aliphatic rings. The second-order valence-electron chi connectivity index (χ2n) is 9.18. The molecule has 8 nitrogen and oxygen atoms in total. The molecule has 1 aliphatic heterocycles. The van der Waals surface area contributed by atoms with Gasteiger partial charge in [-0.15, -0.1) is 10.2 Å². The number of hydrogen-bond acceptors (Lipinski definition) is 6. The molecule has 182 valence electrons. The molecule has 33 heavy (non-hydrogen) atoms. The van der Waals surface area contributed by atoms with Crippen LogP contribution < -0.4 is 10.5 Å². The topological polar surface area (TPSA) is 127 Å². The summed E-state index contributed by atoms with van der Waals surface area (Å²) >= 11 is 0. The fraction of sp³-hybridized carbons (Fsp3) is 0.667. The third-order valence-corrected chi connectivity index (χ3v) is 7.99. The Kier molecular flexibility index (Phi) is 7.06. The van der Waals surface area contributed by atoms with Crippen molar-refractivity contribution in [1.29, 1.82) is 0 Å². The average Bonchev–Trinajstić information content (AvgIpc) is 3.17. The highest BCUT2D eigenvalue weighted by Gasteiger charge is 2.40. The molecule has 4 rings (SSSR count). The lowest BCUT2D eigenvalue weighted by atomic mass is 9.74. The lowest BCUT2D eigenvalue weighted by Crippen LogP contribution is -2.23. The van der Waals surface area contributed by atoms with Gasteiger partial charge in [0.2, 0.25) is 15.8 Å². The van der Waals surface area contributed by atoms with Crippen LogP contribution in [-0.2, 0) is 16.2 Å². The van der Waals surface area contributed by atoms with E-state index >= 15 is 0 Å². The van der Waals surface area contributed by atoms with Gasteiger partial charge in [0, 0.05) is 5.56 Å². The van der Waals surface area contributed by atoms with Crippen molar-refractivity contribution in [2.45, 2.75) is 68.4 Å². The van der Waals surface area contributed by atoms with Gasteiger partial charge in [0.25, 0.3) is 0 Å². The number of nitrogens with two attached hydrogens (primary N) is 1. The Morgan fingerprint density at radius 2 is 1.76 bits per heavy atom. The van der Waals surface area contributed by atoms with E-state index < -0.39 is 26.7 Å². The number of benzene rings is 1. The molecular formula is C21H29F3N6O2S. The van der Waals surface area contributed by atoms with Crippen LogP contribution in [0.25, 0.3) is 11.4 Å². The quantitative estimate of drug-likeness (QED) is 0.593. The minimum Gasteiger partial charge on any atom is -0.317 e. The van der Waals surface area contributed by atoms with Gasteiger partial charge in [0.05, 0.1) is 5.56 Å². The normalized spacial score (nSPS) is 25.0. The molecule has 0 spiro atoms. The van der Waals surface area contributed by atoms with Crippen LogP contribution in [0.4, 0.5) is 13.2 Å². The van der Waals surface area contributed by atoms with Gasteiger partial charge in [-0.1, -0.05) is 6.07 Å². The Bertz CT molecular complexity index is 1040. The number of sulfonamides is 1. The van der Waals surface area contributed by atoms with Gasteiger partial charge >= 0.3 is 6.18 Å². The largest absolute Gasteiger partial charge is 0.417 e. The van der Waals surface area contributed by atoms with Gasteiger partial charge in [-0.05, 0) is 99.1 Å². The zero-order valence-electron chi connectivity index (χ0n) is 18.2. The van der Waals surface area contributed by atoms with Crippen molar-refractivity contribution in [3.8, 4) is 11.4 Å². The SMILES string of the molecule is NS(=O)(=O)c1c(C(F)(F)F)ccc(C2CCC(CC3CCCNCC3)CC2)c1-c1nn[nH]n1. The molecular weight excluding hydrogens is 457 g/mol. The number of alkyl halides is 3. The van der Waals surface area contributed by atoms with Crippen molar-refractivity contribution in [2.75, 3.05) is 13.1 Å². The van der Waals surface area contributed by atoms with E-state index in [0.717, 1.165) is 44.8 Å². The number of hydrogen-bond donors (Lipinski definition) is 3. The van der Waals surface area contributed by atoms with Crippen molar-refractivity contribution in [3.63, 3.8) is 0 Å². The number of rotatable bonds is 5. The summed E-state index contributed by atoms with van der Waals surface area (Å²) < 4.78 is 65.7. The van der Waals surface area contributed by atoms with Crippen molar-refractivity contribution >= 4 is 10.0 Å². The predicted molar refractivity (Wildman–Crippen MR) is 116 cm³/mol. The molecule has 12 heteroatoms. The maximum Gasteiger partial charge on any atom is 0.417 e. The summed E-state index contributed by atoms with van der Waals surface area (Å²) in [5.41, 5.74) is -1.03. The Morgan fingerprint density at radius 1 is 1.03 bits per heavy atom. The molecule has 1 aromatic carbocycles. The minimum atomic E-state index is -4.90. The summed E-state index contributed by atoms with van der Waals surface area (Å²) in [7, 11) is -4.72. The lowest BCUT2D eigenvalue weighted by molar-refractivity contribution is -0.139. The Hall–Kier alpha value is -2.05. The molecule has 1 unspecified atom stereocenters. The summed E-state index contributed by atoms with van der Waals surface area (Å²) in [6.07, 6.45) is 3.29. The van der Waals surface area contributed by atoms with Gasteiger partial charge in [0.15, 0.2) is 0 Å². The van der Waals surface area contributed by atoms with E-state index in [1.807, 2.05) is 0 Å². The van der Waals surface area contributed by atoms with E-state index in [4.69, 9.17) is 5.14 Å². The van der Waals surface area contributed by atoms with E-state index in [9.17, 15) is 21.6 Å². The van der Waals surface area contributed by atoms with E-state index in [1.54, 1.807) is 0 Å². The molecule has 0 amide bonds. The summed E-state index contributed by atoms with van der Waals surface area (Å²) in [5, 5.41) is 21.9. The van der Waals surface area contributed by atoms with Crippen LogP contribution in [0.5, 0.6) is 0 Å². The maximum atomic E-state index is 13.7. The van der Waals surface area contributed by atoms with Crippen LogP contribution in [-0.4, -0.2) is 42.1 Å². The summed E-state index contributed by atoms with van der Waals surface area (Å²) in [5.74, 6) is 0.975. The second kappa shape index (κ2) is 9.67. The number of halogens is 3. The molecule has 1 aromatic heterocycles. The standard InChI is InChI=1S/C21H29F3N6O2S/c22-21(23,24)17-8-7-16(18(19(17)33(25,31)32)20-27-29-30-28-20)15-5-3-14(4-6-15)12-13-2-1-10-26-11-9-13/h7-8,13-15,26H,1-6,9-12H2,(H2,25,31,32)(H,27,28,29,30). The predicted octanol–water partition coefficient (Wildman–Crippen LogP) is 3.59. The van der Waals surface area contributed by atoms with Gasteiger partial charge in [-0.2, -0.15) is 18.4 Å². The molecule has 1 aliphatic carbocycles. The molecule has 0 bridgehead atoms. The number of tetrazole rings is 1. The zero-order valence-corrected chi connectivity index (χ0v) is 19.1. The molecule has 1 atom stereocenters. The van der Waals surface area contributed by atoms with Crippen LogP contribution in [0.3, 0.4) is 0 Å². The number of primary sulfonamides is 1. The number of aromatic nitrogens is 4. The van der Waals surface area contributed by atoms with E-state index in [1.165, 1.54) is 31.7 Å². The highest BCUT2D eigenvalue weighted by atomic mass is 32.2. The van der Waals surface area contributed by atoms with Gasteiger partial charge in [-0.3, -0.25) is 0 Å². The Labute approximate surface area is 191 Å². The smallest absolute Gasteiger partial charge is 0.317 e. The highest BCUT2D eigenvalue weighted by Crippen LogP contribution is 2.46. The highest BCUT2D eigenvalue weighted by molar-refractivity contribution is 7.89. The first-order valence-electron chi connectivity index (χ1n) is 11.4. The summed E-state index contributed by atoms with van der Waals surface area (Å²) in [6, 6.07) is 2.16. The maximum absolute atomic E-state index is 13.7. The van der Waals surface area contributed by atoms with Gasteiger partial charge < -0.3 is 5.32 Å². The van der Waals surface area contributed by atoms with E-state index in [2.05, 4.69) is 25.9 Å². The Balaban J connectivity index is 1.63. The second-order valence-corrected chi connectivity index (χ2v) is 10.7. The van der Waals surface area contributed by atoms with Crippen LogP contribution in [0, 0.1) is 11.8 Å². The summed E-state index contributed by atoms with van der Waals surface area (Å²) in [4.78, 5) is -0.984. The number of H-pyrrole nitrogens is 1. The lowest BCUT2D eigenvalue weighted by Gasteiger charge is -2.32. The van der Waals surface area contributed by atoms with Crippen LogP contribution in [0.1, 0.15) is 68.4 Å². The van der Waals surface area contributed by atoms with Crippen molar-refractivity contribution in [2.24, 2.45) is 17.0 Å². The molecule has 2 heterocycles. The number of aromatic amines is 1. The van der Waals surface area contributed by atoms with Crippen LogP contribution in [0.15, 0.2) is 17.0 Å². The first-order chi connectivity index (χ1) is 15.6. The van der Waals surface area contributed by atoms with Crippen LogP contribution in [0.2, 0.25) is 0 Å². The molecule has 2 fully saturated rings. The van der Waals surface area contributed by atoms with Crippen LogP contribution >= 0.6 is 0 Å². The van der Waals surface area contributed by atoms with Crippen molar-refractivity contribution in [3.05, 3.63) is 23.3 Å². The van der Waals surface area contributed by atoms with Crippen molar-refractivity contribution < 1.29 is 21.6 Å². The monoisotopic (exact) mass is 486 g/mol. The molecule has 4 N–H and O–H groups in total. The fourth-order valence-corrected chi connectivity index (χ4v) is 6.45. The minimum absolute atomic E-state index is 0.103. The third-order valence-electron chi connectivity index (χ3n) is 7.00. The molecule has 1 saturated carbocycles. The first kappa shape index (κ1) is 24.1. The summed E-state index contributed by atoms with van der Waals surface area (Å²) in [6.45, 7) is 2.12. The Morgan fingerprint density at radius 3 is 2.39 bits per heavy atom. The first-order valence-corrected chi connectivity index (χ1v) is 12.9. The number of nitrogens with one attached hydrogen (secondary N) is 2. The molecule has 0 radical (unpaired) electrons. The van der Waals surface area contributed by atoms with E-state index in [-0.39, 0.29) is 17.3 Å². The molecule has 2 aromatic rings. The zero-order chi connectivity index (χ0) is 23.6. The third kappa shape index (κ3) is 5.55. The number of nitrogens with zero attached hydrogens (tertiary/aromatic N) is 3.